The number of esters is 1. The highest BCUT2D eigenvalue weighted by Gasteiger charge is 2.26. The van der Waals surface area contributed by atoms with Gasteiger partial charge in [0.25, 0.3) is 11.8 Å². The summed E-state index contributed by atoms with van der Waals surface area (Å²) in [6, 6.07) is 10.0. The molecule has 1 aromatic carbocycles. The fourth-order valence-corrected chi connectivity index (χ4v) is 3.82. The molecule has 0 N–H and O–H groups in total. The lowest BCUT2D eigenvalue weighted by Crippen LogP contribution is -2.50. The molecule has 136 valence electrons. The van der Waals surface area contributed by atoms with E-state index in [-0.39, 0.29) is 11.8 Å². The van der Waals surface area contributed by atoms with Gasteiger partial charge in [0.1, 0.15) is 4.88 Å². The van der Waals surface area contributed by atoms with Crippen LogP contribution in [0.3, 0.4) is 0 Å². The molecule has 1 saturated heterocycles. The molecule has 26 heavy (non-hydrogen) atoms. The molecule has 1 aromatic heterocycles. The van der Waals surface area contributed by atoms with Crippen molar-refractivity contribution in [2.45, 2.75) is 0 Å². The number of halogens is 1. The van der Waals surface area contributed by atoms with E-state index in [4.69, 9.17) is 11.6 Å². The first-order chi connectivity index (χ1) is 12.5. The Bertz CT molecular complexity index is 843. The molecule has 0 atom stereocenters. The van der Waals surface area contributed by atoms with Gasteiger partial charge >= 0.3 is 5.97 Å². The van der Waals surface area contributed by atoms with Crippen LogP contribution in [0.1, 0.15) is 29.7 Å². The lowest BCUT2D eigenvalue weighted by molar-refractivity contribution is 0.0538. The summed E-state index contributed by atoms with van der Waals surface area (Å²) in [5, 5.41) is 0.517. The minimum atomic E-state index is -0.453. The van der Waals surface area contributed by atoms with Crippen molar-refractivity contribution in [3.63, 3.8) is 0 Å². The van der Waals surface area contributed by atoms with Gasteiger partial charge in [0.15, 0.2) is 0 Å². The maximum Gasteiger partial charge on any atom is 0.348 e. The van der Waals surface area contributed by atoms with E-state index in [1.54, 1.807) is 46.2 Å². The first kappa shape index (κ1) is 18.4. The number of carbonyl (C=O) groups excluding carboxylic acids is 3. The standard InChI is InChI=1S/C18H17ClN2O4S/c1-25-18(24)15-6-5-14(26-15)17(23)21-9-7-20(8-10-21)16(22)12-3-2-4-13(19)11-12/h2-6,11H,7-10H2,1H3. The minimum absolute atomic E-state index is 0.0938. The lowest BCUT2D eigenvalue weighted by atomic mass is 10.2. The average Bonchev–Trinajstić information content (AvgIpc) is 3.16. The summed E-state index contributed by atoms with van der Waals surface area (Å²) >= 11 is 7.05. The maximum absolute atomic E-state index is 12.6. The summed E-state index contributed by atoms with van der Waals surface area (Å²) in [5.74, 6) is -0.685. The number of ether oxygens (including phenoxy) is 1. The zero-order valence-corrected chi connectivity index (χ0v) is 15.7. The molecule has 3 rings (SSSR count). The zero-order chi connectivity index (χ0) is 18.7. The van der Waals surface area contributed by atoms with Gasteiger partial charge < -0.3 is 14.5 Å². The Morgan fingerprint density at radius 3 is 2.19 bits per heavy atom. The van der Waals surface area contributed by atoms with E-state index < -0.39 is 5.97 Å². The van der Waals surface area contributed by atoms with Crippen molar-refractivity contribution in [1.29, 1.82) is 0 Å². The van der Waals surface area contributed by atoms with E-state index in [9.17, 15) is 14.4 Å². The smallest absolute Gasteiger partial charge is 0.348 e. The van der Waals surface area contributed by atoms with Crippen LogP contribution in [0.2, 0.25) is 5.02 Å². The number of hydrogen-bond donors (Lipinski definition) is 0. The molecule has 0 unspecified atom stereocenters. The van der Waals surface area contributed by atoms with Crippen molar-refractivity contribution in [3.05, 3.63) is 56.7 Å². The number of methoxy groups -OCH3 is 1. The largest absolute Gasteiger partial charge is 0.465 e. The van der Waals surface area contributed by atoms with E-state index in [1.165, 1.54) is 7.11 Å². The molecule has 8 heteroatoms. The molecule has 0 saturated carbocycles. The van der Waals surface area contributed by atoms with Gasteiger partial charge in [0.05, 0.1) is 12.0 Å². The Hall–Kier alpha value is -2.38. The molecule has 6 nitrogen and oxygen atoms in total. The van der Waals surface area contributed by atoms with Crippen LogP contribution >= 0.6 is 22.9 Å². The summed E-state index contributed by atoms with van der Waals surface area (Å²) in [5.41, 5.74) is 0.540. The average molecular weight is 393 g/mol. The van der Waals surface area contributed by atoms with Crippen LogP contribution in [0.5, 0.6) is 0 Å². The summed E-state index contributed by atoms with van der Waals surface area (Å²) in [6.07, 6.45) is 0. The zero-order valence-electron chi connectivity index (χ0n) is 14.1. The fraction of sp³-hybridized carbons (Fsp3) is 0.278. The van der Waals surface area contributed by atoms with Crippen molar-refractivity contribution in [3.8, 4) is 0 Å². The van der Waals surface area contributed by atoms with Crippen molar-refractivity contribution in [2.24, 2.45) is 0 Å². The highest BCUT2D eigenvalue weighted by Crippen LogP contribution is 2.20. The second-order valence-electron chi connectivity index (χ2n) is 5.75. The van der Waals surface area contributed by atoms with Crippen LogP contribution in [-0.4, -0.2) is 60.9 Å². The predicted octanol–water partition coefficient (Wildman–Crippen LogP) is 2.79. The molecular formula is C18H17ClN2O4S. The number of piperazine rings is 1. The summed E-state index contributed by atoms with van der Waals surface area (Å²) < 4.78 is 4.66. The Labute approximate surface area is 159 Å². The van der Waals surface area contributed by atoms with Gasteiger partial charge in [-0.2, -0.15) is 0 Å². The van der Waals surface area contributed by atoms with Crippen LogP contribution < -0.4 is 0 Å². The minimum Gasteiger partial charge on any atom is -0.465 e. The number of amides is 2. The first-order valence-electron chi connectivity index (χ1n) is 8.02. The quantitative estimate of drug-likeness (QED) is 0.753. The predicted molar refractivity (Wildman–Crippen MR) is 98.9 cm³/mol. The number of nitrogens with zero attached hydrogens (tertiary/aromatic N) is 2. The Kier molecular flexibility index (Phi) is 5.58. The van der Waals surface area contributed by atoms with Crippen LogP contribution in [0.15, 0.2) is 36.4 Å². The topological polar surface area (TPSA) is 66.9 Å². The van der Waals surface area contributed by atoms with Crippen LogP contribution in [-0.2, 0) is 4.74 Å². The third kappa shape index (κ3) is 3.89. The van der Waals surface area contributed by atoms with Crippen molar-refractivity contribution in [2.75, 3.05) is 33.3 Å². The third-order valence-electron chi connectivity index (χ3n) is 4.13. The summed E-state index contributed by atoms with van der Waals surface area (Å²) in [4.78, 5) is 40.9. The normalized spacial score (nSPS) is 14.2. The number of hydrogen-bond acceptors (Lipinski definition) is 5. The third-order valence-corrected chi connectivity index (χ3v) is 5.42. The Balaban J connectivity index is 1.61. The molecule has 2 heterocycles. The van der Waals surface area contributed by atoms with Crippen LogP contribution in [0.4, 0.5) is 0 Å². The van der Waals surface area contributed by atoms with Crippen molar-refractivity contribution in [1.82, 2.24) is 9.80 Å². The van der Waals surface area contributed by atoms with Crippen LogP contribution in [0, 0.1) is 0 Å². The second-order valence-corrected chi connectivity index (χ2v) is 7.27. The van der Waals surface area contributed by atoms with Gasteiger partial charge in [0, 0.05) is 36.8 Å². The molecule has 1 fully saturated rings. The Morgan fingerprint density at radius 2 is 1.58 bits per heavy atom. The van der Waals surface area contributed by atoms with Crippen molar-refractivity contribution < 1.29 is 19.1 Å². The van der Waals surface area contributed by atoms with E-state index in [0.29, 0.717) is 46.5 Å². The molecule has 0 aliphatic carbocycles. The van der Waals surface area contributed by atoms with Gasteiger partial charge in [-0.15, -0.1) is 11.3 Å². The highest BCUT2D eigenvalue weighted by atomic mass is 35.5. The van der Waals surface area contributed by atoms with Gasteiger partial charge in [-0.25, -0.2) is 4.79 Å². The van der Waals surface area contributed by atoms with E-state index in [0.717, 1.165) is 11.3 Å². The number of benzene rings is 1. The molecule has 0 spiro atoms. The van der Waals surface area contributed by atoms with Crippen molar-refractivity contribution >= 4 is 40.7 Å². The molecule has 1 aliphatic heterocycles. The van der Waals surface area contributed by atoms with Gasteiger partial charge in [0.2, 0.25) is 0 Å². The number of thiophene rings is 1. The van der Waals surface area contributed by atoms with Gasteiger partial charge in [-0.05, 0) is 30.3 Å². The SMILES string of the molecule is COC(=O)c1ccc(C(=O)N2CCN(C(=O)c3cccc(Cl)c3)CC2)s1. The monoisotopic (exact) mass is 392 g/mol. The fourth-order valence-electron chi connectivity index (χ4n) is 2.74. The van der Waals surface area contributed by atoms with Gasteiger partial charge in [-0.1, -0.05) is 17.7 Å². The number of carbonyl (C=O) groups is 3. The first-order valence-corrected chi connectivity index (χ1v) is 9.21. The molecular weight excluding hydrogens is 376 g/mol. The molecule has 0 bridgehead atoms. The number of rotatable bonds is 3. The maximum atomic E-state index is 12.6. The molecule has 0 radical (unpaired) electrons. The summed E-state index contributed by atoms with van der Waals surface area (Å²) in [7, 11) is 1.31. The summed E-state index contributed by atoms with van der Waals surface area (Å²) in [6.45, 7) is 1.78. The van der Waals surface area contributed by atoms with E-state index in [2.05, 4.69) is 4.74 Å². The van der Waals surface area contributed by atoms with Crippen LogP contribution in [0.25, 0.3) is 0 Å². The molecule has 2 aromatic rings. The highest BCUT2D eigenvalue weighted by molar-refractivity contribution is 7.15. The lowest BCUT2D eigenvalue weighted by Gasteiger charge is -2.34. The molecule has 2 amide bonds. The van der Waals surface area contributed by atoms with E-state index in [1.807, 2.05) is 0 Å². The van der Waals surface area contributed by atoms with Gasteiger partial charge in [-0.3, -0.25) is 9.59 Å². The molecule has 1 aliphatic rings. The van der Waals surface area contributed by atoms with E-state index >= 15 is 0 Å². The Morgan fingerprint density at radius 1 is 0.962 bits per heavy atom. The second kappa shape index (κ2) is 7.88.